The molecule has 37 heavy (non-hydrogen) atoms. The Morgan fingerprint density at radius 3 is 1.97 bits per heavy atom. The summed E-state index contributed by atoms with van der Waals surface area (Å²) in [6.07, 6.45) is 12.5. The molecule has 1 atom stereocenters. The van der Waals surface area contributed by atoms with E-state index in [0.29, 0.717) is 0 Å². The Labute approximate surface area is 238 Å². The van der Waals surface area contributed by atoms with Crippen LogP contribution >= 0.6 is 7.92 Å². The molecule has 3 aromatic carbocycles. The monoisotopic (exact) mass is 582 g/mol. The van der Waals surface area contributed by atoms with Crippen molar-refractivity contribution in [3.8, 4) is 0 Å². The Morgan fingerprint density at radius 2 is 1.38 bits per heavy atom. The van der Waals surface area contributed by atoms with Crippen molar-refractivity contribution in [2.45, 2.75) is 56.0 Å². The van der Waals surface area contributed by atoms with E-state index < -0.39 is 23.2 Å². The predicted octanol–water partition coefficient (Wildman–Crippen LogP) is 10.2. The molecule has 0 radical (unpaired) electrons. The van der Waals surface area contributed by atoms with Gasteiger partial charge in [-0.1, -0.05) is 60.7 Å². The van der Waals surface area contributed by atoms with Gasteiger partial charge in [-0.2, -0.15) is 0 Å². The largest absolute Gasteiger partial charge is 0.0622 e. The molecular formula is C35H41PZr. The Balaban J connectivity index is 0.000000195. The van der Waals surface area contributed by atoms with Gasteiger partial charge in [0.15, 0.2) is 0 Å². The molecule has 0 saturated heterocycles. The molecule has 3 aromatic rings. The van der Waals surface area contributed by atoms with Gasteiger partial charge >= 0.3 is 155 Å². The smallest absolute Gasteiger partial charge is 0.0238 e. The molecule has 0 aromatic heterocycles. The zero-order valence-electron chi connectivity index (χ0n) is 23.0. The first-order chi connectivity index (χ1) is 18.1. The molecule has 0 heterocycles. The fourth-order valence-electron chi connectivity index (χ4n) is 5.15. The van der Waals surface area contributed by atoms with Crippen molar-refractivity contribution in [1.82, 2.24) is 0 Å². The van der Waals surface area contributed by atoms with E-state index in [1.54, 1.807) is 22.0 Å². The molecule has 2 aliphatic carbocycles. The van der Waals surface area contributed by atoms with Gasteiger partial charge in [-0.15, -0.1) is 0 Å². The Bertz CT molecular complexity index is 1200. The summed E-state index contributed by atoms with van der Waals surface area (Å²) in [4.78, 5) is 0. The van der Waals surface area contributed by atoms with E-state index in [-0.39, 0.29) is 7.92 Å². The summed E-state index contributed by atoms with van der Waals surface area (Å²) in [5.74, 6) is 0. The quantitative estimate of drug-likeness (QED) is 0.220. The number of unbranched alkanes of at least 4 members (excludes halogenated alkanes) is 1. The minimum Gasteiger partial charge on any atom is -0.0622 e. The molecule has 0 nitrogen and oxygen atoms in total. The summed E-state index contributed by atoms with van der Waals surface area (Å²) in [5.41, 5.74) is 9.29. The van der Waals surface area contributed by atoms with Crippen LogP contribution in [0.4, 0.5) is 0 Å². The van der Waals surface area contributed by atoms with Crippen LogP contribution in [-0.2, 0) is 36.1 Å². The molecule has 0 bridgehead atoms. The maximum Gasteiger partial charge on any atom is -0.0238 e. The zero-order chi connectivity index (χ0) is 26.0. The average molecular weight is 584 g/mol. The molecule has 0 amide bonds. The van der Waals surface area contributed by atoms with Crippen molar-refractivity contribution >= 4 is 14.0 Å². The molecule has 2 heteroatoms. The van der Waals surface area contributed by atoms with Crippen LogP contribution < -0.4 is 0 Å². The van der Waals surface area contributed by atoms with E-state index >= 15 is 0 Å². The Hall–Kier alpha value is -1.81. The van der Waals surface area contributed by atoms with Gasteiger partial charge in [-0.25, -0.2) is 0 Å². The van der Waals surface area contributed by atoms with Crippen LogP contribution in [0.25, 0.3) is 6.08 Å². The summed E-state index contributed by atoms with van der Waals surface area (Å²) in [6.45, 7) is 9.56. The van der Waals surface area contributed by atoms with Gasteiger partial charge in [0.1, 0.15) is 0 Å². The van der Waals surface area contributed by atoms with E-state index in [1.165, 1.54) is 42.4 Å². The topological polar surface area (TPSA) is 0 Å². The van der Waals surface area contributed by atoms with Crippen LogP contribution in [0.3, 0.4) is 0 Å². The average Bonchev–Trinajstić information content (AvgIpc) is 3.48. The van der Waals surface area contributed by atoms with Crippen molar-refractivity contribution in [3.63, 3.8) is 0 Å². The van der Waals surface area contributed by atoms with Crippen molar-refractivity contribution < 1.29 is 23.2 Å². The first kappa shape index (κ1) is 28.2. The van der Waals surface area contributed by atoms with Gasteiger partial charge in [-0.05, 0) is 24.0 Å². The molecule has 190 valence electrons. The van der Waals surface area contributed by atoms with Gasteiger partial charge in [0.25, 0.3) is 0 Å². The zero-order valence-corrected chi connectivity index (χ0v) is 26.4. The third-order valence-electron chi connectivity index (χ3n) is 7.42. The van der Waals surface area contributed by atoms with E-state index in [9.17, 15) is 0 Å². The summed E-state index contributed by atoms with van der Waals surface area (Å²) >= 11 is -0.594. The molecule has 5 rings (SSSR count). The predicted molar refractivity (Wildman–Crippen MR) is 161 cm³/mol. The number of hydrogen-bond acceptors (Lipinski definition) is 0. The summed E-state index contributed by atoms with van der Waals surface area (Å²) < 4.78 is 2.64. The molecular weight excluding hydrogens is 543 g/mol. The maximum absolute atomic E-state index is 2.53. The van der Waals surface area contributed by atoms with E-state index in [0.717, 1.165) is 16.5 Å². The van der Waals surface area contributed by atoms with Crippen LogP contribution in [0.15, 0.2) is 111 Å². The van der Waals surface area contributed by atoms with Crippen molar-refractivity contribution in [1.29, 1.82) is 0 Å². The van der Waals surface area contributed by atoms with Crippen molar-refractivity contribution in [2.75, 3.05) is 13.3 Å². The first-order valence-corrected chi connectivity index (χ1v) is 18.7. The fraction of sp³-hybridized carbons (Fsp3) is 0.314. The second-order valence-corrected chi connectivity index (χ2v) is 16.2. The first-order valence-electron chi connectivity index (χ1n) is 13.8. The second kappa shape index (κ2) is 14.4. The van der Waals surface area contributed by atoms with Gasteiger partial charge < -0.3 is 0 Å². The van der Waals surface area contributed by atoms with Gasteiger partial charge in [0.05, 0.1) is 0 Å². The molecule has 0 saturated carbocycles. The number of benzene rings is 3. The molecule has 0 fully saturated rings. The second-order valence-electron chi connectivity index (χ2n) is 10.3. The summed E-state index contributed by atoms with van der Waals surface area (Å²) in [5, 5.41) is 1.76. The van der Waals surface area contributed by atoms with Gasteiger partial charge in [-0.3, -0.25) is 0 Å². The normalized spacial score (nSPS) is 16.2. The van der Waals surface area contributed by atoms with Crippen LogP contribution in [0.1, 0.15) is 65.4 Å². The SMILES string of the molecule is CCCCC1=CC[C]([Zr][CH]2C(P(C)C)=Cc3ccccc32)=C1C.c1ccc(CCc2ccccc2)cc1. The number of fused-ring (bicyclic) bond motifs is 1. The Kier molecular flexibility index (Phi) is 11.0. The third-order valence-corrected chi connectivity index (χ3v) is 14.0. The van der Waals surface area contributed by atoms with Crippen LogP contribution in [0.5, 0.6) is 0 Å². The fourth-order valence-corrected chi connectivity index (χ4v) is 12.4. The minimum absolute atomic E-state index is 0.0219. The number of aryl methyl sites for hydroxylation is 2. The molecule has 0 aliphatic heterocycles. The third kappa shape index (κ3) is 7.85. The molecule has 0 spiro atoms. The Morgan fingerprint density at radius 1 is 0.784 bits per heavy atom. The minimum atomic E-state index is -0.594. The van der Waals surface area contributed by atoms with Crippen LogP contribution in [-0.4, -0.2) is 13.3 Å². The van der Waals surface area contributed by atoms with Gasteiger partial charge in [0, 0.05) is 0 Å². The number of hydrogen-bond donors (Lipinski definition) is 0. The van der Waals surface area contributed by atoms with E-state index in [1.807, 2.05) is 3.28 Å². The van der Waals surface area contributed by atoms with Crippen molar-refractivity contribution in [2.24, 2.45) is 0 Å². The molecule has 0 N–H and O–H groups in total. The number of allylic oxidation sites excluding steroid dienone is 5. The number of rotatable bonds is 9. The molecule has 2 aliphatic rings. The van der Waals surface area contributed by atoms with E-state index in [4.69, 9.17) is 0 Å². The standard InChI is InChI=1S/C14H14.C11H12P.C10H15.Zr/c1-3-7-13(8-4-1)11-12-14-9-5-2-6-10-14;1-12(2)11-7-9-5-3-4-6-10(9)8-11;1-3-4-7-10-8-5-6-9(10)2;/h1-10H,11-12H2;3-8H,1-2H3;8H,3-5,7H2,1-2H3;. The molecule has 1 unspecified atom stereocenters. The van der Waals surface area contributed by atoms with Gasteiger partial charge in [0.2, 0.25) is 0 Å². The van der Waals surface area contributed by atoms with Crippen LogP contribution in [0, 0.1) is 0 Å². The van der Waals surface area contributed by atoms with Crippen molar-refractivity contribution in [3.05, 3.63) is 133 Å². The summed E-state index contributed by atoms with van der Waals surface area (Å²) in [6, 6.07) is 30.4. The summed E-state index contributed by atoms with van der Waals surface area (Å²) in [7, 11) is 0.0219. The van der Waals surface area contributed by atoms with E-state index in [2.05, 4.69) is 124 Å². The van der Waals surface area contributed by atoms with Crippen LogP contribution in [0.2, 0.25) is 0 Å². The maximum atomic E-state index is 2.53.